The van der Waals surface area contributed by atoms with Crippen molar-refractivity contribution in [1.82, 2.24) is 0 Å². The lowest BCUT2D eigenvalue weighted by atomic mass is 9.92. The Hall–Kier alpha value is -1.16. The van der Waals surface area contributed by atoms with Gasteiger partial charge in [-0.1, -0.05) is 6.07 Å². The first-order valence-corrected chi connectivity index (χ1v) is 5.02. The molecule has 0 spiro atoms. The van der Waals surface area contributed by atoms with Crippen LogP contribution < -0.4 is 10.5 Å². The molecule has 0 aromatic heterocycles. The van der Waals surface area contributed by atoms with Crippen LogP contribution >= 0.6 is 0 Å². The van der Waals surface area contributed by atoms with E-state index in [1.54, 1.807) is 19.9 Å². The second-order valence-electron chi connectivity index (χ2n) is 4.53. The first-order chi connectivity index (χ1) is 7.16. The fraction of sp³-hybridized carbons (Fsp3) is 0.500. The Morgan fingerprint density at radius 2 is 1.75 bits per heavy atom. The van der Waals surface area contributed by atoms with E-state index in [-0.39, 0.29) is 11.3 Å². The van der Waals surface area contributed by atoms with Gasteiger partial charge in [-0.15, -0.1) is 0 Å². The zero-order valence-electron chi connectivity index (χ0n) is 9.97. The van der Waals surface area contributed by atoms with Crippen molar-refractivity contribution in [2.45, 2.75) is 32.2 Å². The molecule has 16 heavy (non-hydrogen) atoms. The minimum atomic E-state index is -2.94. The van der Waals surface area contributed by atoms with Gasteiger partial charge in [0.15, 0.2) is 0 Å². The second kappa shape index (κ2) is 4.01. The summed E-state index contributed by atoms with van der Waals surface area (Å²) < 4.78 is 31.6. The molecule has 2 nitrogen and oxygen atoms in total. The molecule has 0 aliphatic rings. The summed E-state index contributed by atoms with van der Waals surface area (Å²) in [7, 11) is 1.37. The highest BCUT2D eigenvalue weighted by molar-refractivity contribution is 5.41. The van der Waals surface area contributed by atoms with E-state index in [0.29, 0.717) is 5.56 Å². The average Bonchev–Trinajstić information content (AvgIpc) is 2.14. The van der Waals surface area contributed by atoms with Crippen LogP contribution in [0.4, 0.5) is 8.78 Å². The zero-order valence-corrected chi connectivity index (χ0v) is 9.97. The Balaban J connectivity index is 3.34. The van der Waals surface area contributed by atoms with Gasteiger partial charge in [0.05, 0.1) is 12.7 Å². The summed E-state index contributed by atoms with van der Waals surface area (Å²) in [4.78, 5) is 0. The van der Waals surface area contributed by atoms with Gasteiger partial charge < -0.3 is 10.5 Å². The van der Waals surface area contributed by atoms with Crippen LogP contribution in [0.25, 0.3) is 0 Å². The maximum atomic E-state index is 13.3. The molecule has 2 N–H and O–H groups in total. The van der Waals surface area contributed by atoms with E-state index in [9.17, 15) is 8.78 Å². The molecular weight excluding hydrogens is 212 g/mol. The van der Waals surface area contributed by atoms with Crippen molar-refractivity contribution in [2.24, 2.45) is 5.73 Å². The van der Waals surface area contributed by atoms with Crippen LogP contribution in [-0.4, -0.2) is 7.11 Å². The van der Waals surface area contributed by atoms with E-state index in [4.69, 9.17) is 10.5 Å². The first kappa shape index (κ1) is 12.9. The van der Waals surface area contributed by atoms with Gasteiger partial charge in [-0.05, 0) is 31.5 Å². The first-order valence-electron chi connectivity index (χ1n) is 5.02. The predicted octanol–water partition coefficient (Wildman–Crippen LogP) is 3.00. The highest BCUT2D eigenvalue weighted by Crippen LogP contribution is 2.36. The quantitative estimate of drug-likeness (QED) is 0.864. The van der Waals surface area contributed by atoms with Gasteiger partial charge in [0.2, 0.25) is 0 Å². The number of ether oxygens (including phenoxy) is 1. The molecule has 0 atom stereocenters. The Morgan fingerprint density at radius 1 is 1.19 bits per heavy atom. The molecule has 4 heteroatoms. The second-order valence-corrected chi connectivity index (χ2v) is 4.53. The molecule has 0 unspecified atom stereocenters. The number of benzene rings is 1. The number of alkyl halides is 2. The maximum absolute atomic E-state index is 13.3. The molecule has 0 radical (unpaired) electrons. The summed E-state index contributed by atoms with van der Waals surface area (Å²) >= 11 is 0. The topological polar surface area (TPSA) is 35.2 Å². The molecular formula is C12H17F2NO. The largest absolute Gasteiger partial charge is 0.496 e. The van der Waals surface area contributed by atoms with Crippen molar-refractivity contribution in [3.63, 3.8) is 0 Å². The number of hydrogen-bond donors (Lipinski definition) is 1. The van der Waals surface area contributed by atoms with Crippen LogP contribution in [0, 0.1) is 0 Å². The van der Waals surface area contributed by atoms with Crippen molar-refractivity contribution in [2.75, 3.05) is 7.11 Å². The fourth-order valence-corrected chi connectivity index (χ4v) is 1.45. The minimum Gasteiger partial charge on any atom is -0.496 e. The zero-order chi connectivity index (χ0) is 12.6. The summed E-state index contributed by atoms with van der Waals surface area (Å²) in [6.45, 7) is 4.39. The van der Waals surface area contributed by atoms with Crippen molar-refractivity contribution in [1.29, 1.82) is 0 Å². The van der Waals surface area contributed by atoms with E-state index in [1.165, 1.54) is 19.2 Å². The highest BCUT2D eigenvalue weighted by atomic mass is 19.3. The van der Waals surface area contributed by atoms with Crippen molar-refractivity contribution in [3.8, 4) is 5.75 Å². The molecule has 1 rings (SSSR count). The van der Waals surface area contributed by atoms with Gasteiger partial charge in [-0.3, -0.25) is 0 Å². The average molecular weight is 229 g/mol. The van der Waals surface area contributed by atoms with Crippen LogP contribution in [0.2, 0.25) is 0 Å². The number of nitrogens with two attached hydrogens (primary N) is 1. The van der Waals surface area contributed by atoms with Crippen molar-refractivity contribution < 1.29 is 13.5 Å². The minimum absolute atomic E-state index is 0.133. The van der Waals surface area contributed by atoms with E-state index in [1.807, 2.05) is 0 Å². The van der Waals surface area contributed by atoms with Gasteiger partial charge >= 0.3 is 0 Å². The molecule has 0 fully saturated rings. The van der Waals surface area contributed by atoms with Crippen LogP contribution in [-0.2, 0) is 11.5 Å². The van der Waals surface area contributed by atoms with Crippen LogP contribution in [0.15, 0.2) is 18.2 Å². The van der Waals surface area contributed by atoms with E-state index in [0.717, 1.165) is 6.92 Å². The normalized spacial score (nSPS) is 12.7. The van der Waals surface area contributed by atoms with E-state index >= 15 is 0 Å². The summed E-state index contributed by atoms with van der Waals surface area (Å²) in [5.41, 5.74) is 5.75. The maximum Gasteiger partial charge on any atom is 0.274 e. The Morgan fingerprint density at radius 3 is 2.12 bits per heavy atom. The lowest BCUT2D eigenvalue weighted by Crippen LogP contribution is -2.29. The fourth-order valence-electron chi connectivity index (χ4n) is 1.45. The van der Waals surface area contributed by atoms with Crippen molar-refractivity contribution >= 4 is 0 Å². The molecule has 0 amide bonds. The third kappa shape index (κ3) is 2.70. The molecule has 0 bridgehead atoms. The lowest BCUT2D eigenvalue weighted by molar-refractivity contribution is 0.0149. The molecule has 0 saturated carbocycles. The van der Waals surface area contributed by atoms with E-state index in [2.05, 4.69) is 0 Å². The third-order valence-electron chi connectivity index (χ3n) is 2.42. The summed E-state index contributed by atoms with van der Waals surface area (Å²) in [6.07, 6.45) is 0. The number of hydrogen-bond acceptors (Lipinski definition) is 2. The SMILES string of the molecule is COc1ccc(C(C)(C)N)cc1C(C)(F)F. The summed E-state index contributed by atoms with van der Waals surface area (Å²) in [5.74, 6) is -2.76. The van der Waals surface area contributed by atoms with Gasteiger partial charge in [-0.2, -0.15) is 0 Å². The number of halogens is 2. The summed E-state index contributed by atoms with van der Waals surface area (Å²) in [5, 5.41) is 0. The monoisotopic (exact) mass is 229 g/mol. The predicted molar refractivity (Wildman–Crippen MR) is 59.8 cm³/mol. The molecule has 0 aliphatic carbocycles. The highest BCUT2D eigenvalue weighted by Gasteiger charge is 2.30. The van der Waals surface area contributed by atoms with Crippen LogP contribution in [0.3, 0.4) is 0 Å². The smallest absolute Gasteiger partial charge is 0.274 e. The van der Waals surface area contributed by atoms with Gasteiger partial charge in [0.1, 0.15) is 5.75 Å². The Labute approximate surface area is 94.4 Å². The summed E-state index contributed by atoms with van der Waals surface area (Å²) in [6, 6.07) is 4.63. The molecule has 1 aromatic carbocycles. The van der Waals surface area contributed by atoms with Gasteiger partial charge in [0.25, 0.3) is 5.92 Å². The number of methoxy groups -OCH3 is 1. The van der Waals surface area contributed by atoms with Crippen LogP contribution in [0.5, 0.6) is 5.75 Å². The molecule has 90 valence electrons. The van der Waals surface area contributed by atoms with E-state index < -0.39 is 11.5 Å². The van der Waals surface area contributed by atoms with Crippen LogP contribution in [0.1, 0.15) is 31.9 Å². The van der Waals surface area contributed by atoms with Gasteiger partial charge in [-0.25, -0.2) is 8.78 Å². The Kier molecular flexibility index (Phi) is 3.24. The van der Waals surface area contributed by atoms with Gasteiger partial charge in [0, 0.05) is 12.5 Å². The molecule has 0 aliphatic heterocycles. The molecule has 1 aromatic rings. The lowest BCUT2D eigenvalue weighted by Gasteiger charge is -2.23. The van der Waals surface area contributed by atoms with Crippen molar-refractivity contribution in [3.05, 3.63) is 29.3 Å². The number of rotatable bonds is 3. The standard InChI is InChI=1S/C12H17F2NO/c1-11(2,15)8-5-6-10(16-4)9(7-8)12(3,13)14/h5-7H,15H2,1-4H3. The Bertz CT molecular complexity index is 378. The molecule has 0 saturated heterocycles. The molecule has 0 heterocycles. The third-order valence-corrected chi connectivity index (χ3v) is 2.42.